The fourth-order valence-electron chi connectivity index (χ4n) is 3.25. The number of benzene rings is 2. The van der Waals surface area contributed by atoms with E-state index >= 15 is 0 Å². The highest BCUT2D eigenvalue weighted by Crippen LogP contribution is 2.40. The van der Waals surface area contributed by atoms with Crippen molar-refractivity contribution >= 4 is 29.2 Å². The van der Waals surface area contributed by atoms with E-state index in [1.807, 2.05) is 57.8 Å². The molecule has 0 unspecified atom stereocenters. The molecule has 0 saturated carbocycles. The fraction of sp³-hybridized carbons (Fsp3) is 0.393. The third kappa shape index (κ3) is 8.40. The van der Waals surface area contributed by atoms with Crippen LogP contribution in [-0.4, -0.2) is 31.3 Å². The monoisotopic (exact) mass is 482 g/mol. The molecule has 2 heterocycles. The van der Waals surface area contributed by atoms with Gasteiger partial charge in [-0.1, -0.05) is 83.3 Å². The van der Waals surface area contributed by atoms with Crippen LogP contribution in [-0.2, 0) is 4.74 Å². The predicted octanol–water partition coefficient (Wildman–Crippen LogP) is 8.40. The minimum Gasteiger partial charge on any atom is -0.378 e. The first kappa shape index (κ1) is 27.3. The summed E-state index contributed by atoms with van der Waals surface area (Å²) in [5.41, 5.74) is 2.63. The van der Waals surface area contributed by atoms with Crippen LogP contribution in [0.15, 0.2) is 86.6 Å². The largest absolute Gasteiger partial charge is 0.378 e. The normalized spacial score (nSPS) is 13.0. The number of aromatic nitrogens is 1. The van der Waals surface area contributed by atoms with Crippen molar-refractivity contribution in [2.45, 2.75) is 67.2 Å². The van der Waals surface area contributed by atoms with Gasteiger partial charge in [0.05, 0.1) is 13.2 Å². The Morgan fingerprint density at radius 2 is 1.52 bits per heavy atom. The first-order chi connectivity index (χ1) is 16.2. The molecule has 1 aromatic heterocycles. The second-order valence-corrected chi connectivity index (χ2v) is 9.50. The Labute approximate surface area is 209 Å². The third-order valence-corrected chi connectivity index (χ3v) is 7.15. The van der Waals surface area contributed by atoms with Crippen LogP contribution >= 0.6 is 23.5 Å². The van der Waals surface area contributed by atoms with Crippen LogP contribution < -0.4 is 4.90 Å². The Balaban J connectivity index is 0.000000914. The molecule has 0 amide bonds. The van der Waals surface area contributed by atoms with Crippen LogP contribution in [0.1, 0.15) is 53.0 Å². The fourth-order valence-corrected chi connectivity index (χ4v) is 5.15. The second kappa shape index (κ2) is 15.0. The summed E-state index contributed by atoms with van der Waals surface area (Å²) in [6.07, 6.45) is 1.85. The molecule has 0 radical (unpaired) electrons. The molecular formula is C28H38N2OS2. The van der Waals surface area contributed by atoms with Gasteiger partial charge in [-0.05, 0) is 53.9 Å². The molecule has 0 bridgehead atoms. The van der Waals surface area contributed by atoms with E-state index in [0.717, 1.165) is 31.3 Å². The Hall–Kier alpha value is -1.95. The van der Waals surface area contributed by atoms with Crippen LogP contribution in [0.4, 0.5) is 5.69 Å². The Kier molecular flexibility index (Phi) is 12.4. The van der Waals surface area contributed by atoms with Crippen molar-refractivity contribution in [3.05, 3.63) is 72.4 Å². The highest BCUT2D eigenvalue weighted by molar-refractivity contribution is 8.02. The highest BCUT2D eigenvalue weighted by atomic mass is 32.2. The average Bonchev–Trinajstić information content (AvgIpc) is 2.89. The predicted molar refractivity (Wildman–Crippen MR) is 145 cm³/mol. The van der Waals surface area contributed by atoms with Crippen LogP contribution in [0.5, 0.6) is 0 Å². The molecule has 2 aromatic carbocycles. The van der Waals surface area contributed by atoms with Crippen molar-refractivity contribution in [3.63, 3.8) is 0 Å². The molecule has 3 nitrogen and oxygen atoms in total. The zero-order valence-electron chi connectivity index (χ0n) is 20.9. The van der Waals surface area contributed by atoms with Crippen molar-refractivity contribution in [2.24, 2.45) is 0 Å². The number of hydrogen-bond acceptors (Lipinski definition) is 5. The Morgan fingerprint density at radius 1 is 0.818 bits per heavy atom. The van der Waals surface area contributed by atoms with E-state index in [9.17, 15) is 0 Å². The molecule has 178 valence electrons. The van der Waals surface area contributed by atoms with Gasteiger partial charge < -0.3 is 9.64 Å². The van der Waals surface area contributed by atoms with Crippen molar-refractivity contribution < 1.29 is 4.74 Å². The SMILES string of the molecule is CC.CC.CC(C)c1ccc(Sc2ccc(N3CCOCC3)cc2Sc2ccccn2)cc1. The number of morpholine rings is 1. The van der Waals surface area contributed by atoms with E-state index < -0.39 is 0 Å². The first-order valence-electron chi connectivity index (χ1n) is 12.0. The van der Waals surface area contributed by atoms with Crippen LogP contribution in [0, 0.1) is 0 Å². The summed E-state index contributed by atoms with van der Waals surface area (Å²) in [6, 6.07) is 21.8. The van der Waals surface area contributed by atoms with Crippen molar-refractivity contribution in [1.82, 2.24) is 4.98 Å². The van der Waals surface area contributed by atoms with E-state index in [2.05, 4.69) is 72.3 Å². The number of ether oxygens (including phenoxy) is 1. The molecule has 4 rings (SSSR count). The van der Waals surface area contributed by atoms with Gasteiger partial charge in [0.2, 0.25) is 0 Å². The average molecular weight is 483 g/mol. The molecule has 1 aliphatic heterocycles. The number of pyridine rings is 1. The minimum atomic E-state index is 0.553. The maximum absolute atomic E-state index is 5.52. The van der Waals surface area contributed by atoms with Gasteiger partial charge in [0.25, 0.3) is 0 Å². The lowest BCUT2D eigenvalue weighted by atomic mass is 10.0. The lowest BCUT2D eigenvalue weighted by Crippen LogP contribution is -2.36. The third-order valence-electron chi connectivity index (χ3n) is 4.93. The van der Waals surface area contributed by atoms with Gasteiger partial charge in [0, 0.05) is 39.7 Å². The summed E-state index contributed by atoms with van der Waals surface area (Å²) in [4.78, 5) is 10.7. The molecule has 0 aliphatic carbocycles. The highest BCUT2D eigenvalue weighted by Gasteiger charge is 2.15. The van der Waals surface area contributed by atoms with Gasteiger partial charge in [-0.2, -0.15) is 0 Å². The molecule has 5 heteroatoms. The second-order valence-electron chi connectivity index (χ2n) is 7.33. The number of nitrogens with zero attached hydrogens (tertiary/aromatic N) is 2. The van der Waals surface area contributed by atoms with Gasteiger partial charge in [-0.3, -0.25) is 0 Å². The number of hydrogen-bond donors (Lipinski definition) is 0. The molecule has 0 atom stereocenters. The summed E-state index contributed by atoms with van der Waals surface area (Å²) in [6.45, 7) is 15.9. The van der Waals surface area contributed by atoms with Crippen molar-refractivity contribution in [2.75, 3.05) is 31.2 Å². The van der Waals surface area contributed by atoms with Crippen LogP contribution in [0.3, 0.4) is 0 Å². The van der Waals surface area contributed by atoms with E-state index in [0.29, 0.717) is 5.92 Å². The molecule has 33 heavy (non-hydrogen) atoms. The lowest BCUT2D eigenvalue weighted by Gasteiger charge is -2.29. The zero-order valence-corrected chi connectivity index (χ0v) is 22.5. The summed E-state index contributed by atoms with van der Waals surface area (Å²) in [5.74, 6) is 0.553. The number of rotatable bonds is 6. The van der Waals surface area contributed by atoms with E-state index in [1.165, 1.54) is 25.9 Å². The topological polar surface area (TPSA) is 25.4 Å². The molecule has 0 spiro atoms. The maximum Gasteiger partial charge on any atom is 0.101 e. The lowest BCUT2D eigenvalue weighted by molar-refractivity contribution is 0.122. The molecule has 1 aliphatic rings. The standard InChI is InChI=1S/C24H26N2OS2.2C2H6/c1-18(2)19-6-9-21(10-7-19)28-22-11-8-20(26-13-15-27-16-14-26)17-23(22)29-24-5-3-4-12-25-24;2*1-2/h3-12,17-18H,13-16H2,1-2H3;2*1-2H3. The summed E-state index contributed by atoms with van der Waals surface area (Å²) >= 11 is 3.55. The van der Waals surface area contributed by atoms with Gasteiger partial charge in [0.1, 0.15) is 5.03 Å². The van der Waals surface area contributed by atoms with E-state index in [-0.39, 0.29) is 0 Å². The van der Waals surface area contributed by atoms with Gasteiger partial charge in [-0.15, -0.1) is 0 Å². The summed E-state index contributed by atoms with van der Waals surface area (Å²) < 4.78 is 5.52. The quantitative estimate of drug-likeness (QED) is 0.351. The maximum atomic E-state index is 5.52. The Morgan fingerprint density at radius 3 is 2.12 bits per heavy atom. The molecule has 1 fully saturated rings. The van der Waals surface area contributed by atoms with E-state index in [4.69, 9.17) is 4.74 Å². The van der Waals surface area contributed by atoms with Crippen LogP contribution in [0.2, 0.25) is 0 Å². The zero-order chi connectivity index (χ0) is 24.1. The van der Waals surface area contributed by atoms with Gasteiger partial charge in [0.15, 0.2) is 0 Å². The van der Waals surface area contributed by atoms with Crippen LogP contribution in [0.25, 0.3) is 0 Å². The van der Waals surface area contributed by atoms with E-state index in [1.54, 1.807) is 11.8 Å². The Bertz CT molecular complexity index is 924. The van der Waals surface area contributed by atoms with Gasteiger partial charge in [-0.25, -0.2) is 4.98 Å². The van der Waals surface area contributed by atoms with Crippen molar-refractivity contribution in [1.29, 1.82) is 0 Å². The molecular weight excluding hydrogens is 444 g/mol. The summed E-state index contributed by atoms with van der Waals surface area (Å²) in [5, 5.41) is 1.02. The molecule has 3 aromatic rings. The smallest absolute Gasteiger partial charge is 0.101 e. The first-order valence-corrected chi connectivity index (χ1v) is 13.7. The summed E-state index contributed by atoms with van der Waals surface area (Å²) in [7, 11) is 0. The number of anilines is 1. The molecule has 0 N–H and O–H groups in total. The van der Waals surface area contributed by atoms with Crippen molar-refractivity contribution in [3.8, 4) is 0 Å². The van der Waals surface area contributed by atoms with Gasteiger partial charge >= 0.3 is 0 Å². The molecule has 1 saturated heterocycles. The minimum absolute atomic E-state index is 0.553.